The average Bonchev–Trinajstić information content (AvgIpc) is 2.96. The van der Waals surface area contributed by atoms with Crippen LogP contribution in [-0.2, 0) is 13.0 Å². The second-order valence-electron chi connectivity index (χ2n) is 4.66. The van der Waals surface area contributed by atoms with Crippen molar-refractivity contribution < 1.29 is 0 Å². The van der Waals surface area contributed by atoms with Crippen LogP contribution in [0.5, 0.6) is 0 Å². The van der Waals surface area contributed by atoms with Crippen molar-refractivity contribution in [1.29, 1.82) is 0 Å². The Hall–Kier alpha value is -0.110. The second kappa shape index (κ2) is 7.24. The SMILES string of the molecule is CCNC(Cc1c(Cl)c(C)nn1CC)c1csc(I)c1. The average molecular weight is 424 g/mol. The van der Waals surface area contributed by atoms with Crippen LogP contribution < -0.4 is 5.32 Å². The number of halogens is 2. The lowest BCUT2D eigenvalue weighted by molar-refractivity contribution is 0.517. The first-order valence-corrected chi connectivity index (χ1v) is 9.09. The fourth-order valence-corrected chi connectivity index (χ4v) is 3.96. The fraction of sp³-hybridized carbons (Fsp3) is 0.500. The number of likely N-dealkylation sites (N-methyl/N-ethyl adjacent to an activating group) is 1. The summed E-state index contributed by atoms with van der Waals surface area (Å²) in [6.07, 6.45) is 0.869. The summed E-state index contributed by atoms with van der Waals surface area (Å²) in [7, 11) is 0. The molecule has 1 N–H and O–H groups in total. The molecule has 2 rings (SSSR count). The summed E-state index contributed by atoms with van der Waals surface area (Å²) in [5.41, 5.74) is 3.37. The molecule has 20 heavy (non-hydrogen) atoms. The summed E-state index contributed by atoms with van der Waals surface area (Å²) < 4.78 is 3.33. The monoisotopic (exact) mass is 423 g/mol. The van der Waals surface area contributed by atoms with Crippen LogP contribution in [0.1, 0.15) is 36.8 Å². The first-order chi connectivity index (χ1) is 9.56. The van der Waals surface area contributed by atoms with Crippen LogP contribution in [0.3, 0.4) is 0 Å². The van der Waals surface area contributed by atoms with Gasteiger partial charge in [-0.05, 0) is 60.0 Å². The van der Waals surface area contributed by atoms with Gasteiger partial charge in [-0.3, -0.25) is 4.68 Å². The summed E-state index contributed by atoms with van der Waals surface area (Å²) in [4.78, 5) is 0. The predicted octanol–water partition coefficient (Wildman–Crippen LogP) is 4.42. The molecule has 0 aliphatic carbocycles. The normalized spacial score (nSPS) is 12.8. The minimum absolute atomic E-state index is 0.290. The molecule has 0 saturated heterocycles. The van der Waals surface area contributed by atoms with E-state index in [1.54, 1.807) is 11.3 Å². The van der Waals surface area contributed by atoms with Gasteiger partial charge in [0, 0.05) is 19.0 Å². The molecule has 3 nitrogen and oxygen atoms in total. The lowest BCUT2D eigenvalue weighted by Crippen LogP contribution is -2.23. The summed E-state index contributed by atoms with van der Waals surface area (Å²) >= 11 is 10.6. The van der Waals surface area contributed by atoms with Gasteiger partial charge in [-0.15, -0.1) is 11.3 Å². The molecule has 0 spiro atoms. The molecule has 0 radical (unpaired) electrons. The van der Waals surface area contributed by atoms with Gasteiger partial charge in [-0.1, -0.05) is 18.5 Å². The van der Waals surface area contributed by atoms with Gasteiger partial charge in [-0.2, -0.15) is 5.10 Å². The molecule has 0 bridgehead atoms. The standard InChI is InChI=1S/C14H19ClIN3S/c1-4-17-11(10-6-13(16)20-8-10)7-12-14(15)9(3)18-19(12)5-2/h6,8,11,17H,4-5,7H2,1-3H3. The van der Waals surface area contributed by atoms with Crippen molar-refractivity contribution in [3.63, 3.8) is 0 Å². The van der Waals surface area contributed by atoms with Crippen molar-refractivity contribution in [3.8, 4) is 0 Å². The van der Waals surface area contributed by atoms with Crippen LogP contribution in [0.15, 0.2) is 11.4 Å². The number of nitrogens with zero attached hydrogens (tertiary/aromatic N) is 2. The molecule has 2 heterocycles. The highest BCUT2D eigenvalue weighted by Gasteiger charge is 2.19. The maximum absolute atomic E-state index is 6.42. The van der Waals surface area contributed by atoms with Gasteiger partial charge in [0.15, 0.2) is 0 Å². The molecule has 0 aliphatic rings. The summed E-state index contributed by atoms with van der Waals surface area (Å²) in [5, 5.41) is 11.1. The zero-order valence-corrected chi connectivity index (χ0v) is 15.6. The van der Waals surface area contributed by atoms with E-state index >= 15 is 0 Å². The maximum atomic E-state index is 6.42. The Morgan fingerprint density at radius 3 is 2.80 bits per heavy atom. The number of nitrogens with one attached hydrogen (secondary N) is 1. The van der Waals surface area contributed by atoms with Gasteiger partial charge in [0.2, 0.25) is 0 Å². The highest BCUT2D eigenvalue weighted by atomic mass is 127. The molecule has 0 aromatic carbocycles. The molecule has 1 atom stereocenters. The van der Waals surface area contributed by atoms with E-state index in [9.17, 15) is 0 Å². The first kappa shape index (κ1) is 16.3. The van der Waals surface area contributed by atoms with Crippen molar-refractivity contribution in [1.82, 2.24) is 15.1 Å². The first-order valence-electron chi connectivity index (χ1n) is 6.75. The Morgan fingerprint density at radius 2 is 2.25 bits per heavy atom. The van der Waals surface area contributed by atoms with Crippen molar-refractivity contribution in [2.45, 2.75) is 39.8 Å². The van der Waals surface area contributed by atoms with Crippen LogP contribution in [0, 0.1) is 9.81 Å². The van der Waals surface area contributed by atoms with E-state index in [1.807, 2.05) is 11.6 Å². The zero-order chi connectivity index (χ0) is 14.7. The summed E-state index contributed by atoms with van der Waals surface area (Å²) in [6, 6.07) is 2.53. The molecule has 0 amide bonds. The van der Waals surface area contributed by atoms with Crippen LogP contribution in [0.2, 0.25) is 5.02 Å². The van der Waals surface area contributed by atoms with E-state index in [1.165, 1.54) is 8.45 Å². The van der Waals surface area contributed by atoms with Gasteiger partial charge >= 0.3 is 0 Å². The number of hydrogen-bond donors (Lipinski definition) is 1. The van der Waals surface area contributed by atoms with E-state index < -0.39 is 0 Å². The lowest BCUT2D eigenvalue weighted by atomic mass is 10.0. The Labute approximate surface area is 142 Å². The second-order valence-corrected chi connectivity index (χ2v) is 7.84. The van der Waals surface area contributed by atoms with Gasteiger partial charge in [0.05, 0.1) is 19.3 Å². The molecular weight excluding hydrogens is 405 g/mol. The van der Waals surface area contributed by atoms with Crippen molar-refractivity contribution in [2.75, 3.05) is 6.54 Å². The van der Waals surface area contributed by atoms with Crippen LogP contribution >= 0.6 is 45.5 Å². The molecule has 1 unspecified atom stereocenters. The minimum Gasteiger partial charge on any atom is -0.310 e. The van der Waals surface area contributed by atoms with E-state index in [0.29, 0.717) is 6.04 Å². The fourth-order valence-electron chi connectivity index (χ4n) is 2.32. The number of aromatic nitrogens is 2. The van der Waals surface area contributed by atoms with Gasteiger partial charge in [-0.25, -0.2) is 0 Å². The van der Waals surface area contributed by atoms with Gasteiger partial charge in [0.1, 0.15) is 0 Å². The van der Waals surface area contributed by atoms with E-state index in [4.69, 9.17) is 11.6 Å². The maximum Gasteiger partial charge on any atom is 0.0847 e. The number of hydrogen-bond acceptors (Lipinski definition) is 3. The van der Waals surface area contributed by atoms with Crippen LogP contribution in [0.25, 0.3) is 0 Å². The molecular formula is C14H19ClIN3S. The summed E-state index contributed by atoms with van der Waals surface area (Å²) in [6.45, 7) is 7.99. The Morgan fingerprint density at radius 1 is 1.50 bits per heavy atom. The smallest absolute Gasteiger partial charge is 0.0847 e. The molecule has 2 aromatic rings. The van der Waals surface area contributed by atoms with Gasteiger partial charge < -0.3 is 5.32 Å². The predicted molar refractivity (Wildman–Crippen MR) is 94.8 cm³/mol. The Bertz CT molecular complexity index is 579. The Kier molecular flexibility index (Phi) is 5.89. The van der Waals surface area contributed by atoms with E-state index in [2.05, 4.69) is 58.3 Å². The number of thiophene rings is 1. The quantitative estimate of drug-likeness (QED) is 0.697. The van der Waals surface area contributed by atoms with Crippen molar-refractivity contribution >= 4 is 45.5 Å². The third-order valence-electron chi connectivity index (χ3n) is 3.29. The number of rotatable bonds is 6. The van der Waals surface area contributed by atoms with Crippen LogP contribution in [-0.4, -0.2) is 16.3 Å². The summed E-state index contributed by atoms with van der Waals surface area (Å²) in [5.74, 6) is 0. The highest BCUT2D eigenvalue weighted by Crippen LogP contribution is 2.29. The highest BCUT2D eigenvalue weighted by molar-refractivity contribution is 14.1. The molecule has 0 aliphatic heterocycles. The topological polar surface area (TPSA) is 29.9 Å². The van der Waals surface area contributed by atoms with Crippen LogP contribution in [0.4, 0.5) is 0 Å². The Balaban J connectivity index is 2.28. The van der Waals surface area contributed by atoms with Crippen molar-refractivity contribution in [3.05, 3.63) is 36.3 Å². The molecule has 110 valence electrons. The zero-order valence-electron chi connectivity index (χ0n) is 11.9. The minimum atomic E-state index is 0.290. The van der Waals surface area contributed by atoms with Crippen molar-refractivity contribution in [2.24, 2.45) is 0 Å². The molecule has 2 aromatic heterocycles. The third-order valence-corrected chi connectivity index (χ3v) is 5.59. The molecule has 0 fully saturated rings. The number of aryl methyl sites for hydroxylation is 2. The van der Waals surface area contributed by atoms with E-state index in [0.717, 1.165) is 35.9 Å². The third kappa shape index (κ3) is 3.55. The largest absolute Gasteiger partial charge is 0.310 e. The molecule has 0 saturated carbocycles. The van der Waals surface area contributed by atoms with E-state index in [-0.39, 0.29) is 0 Å². The lowest BCUT2D eigenvalue weighted by Gasteiger charge is -2.17. The van der Waals surface area contributed by atoms with Gasteiger partial charge in [0.25, 0.3) is 0 Å². The molecule has 6 heteroatoms.